The third-order valence-corrected chi connectivity index (χ3v) is 8.73. The molecule has 9 nitrogen and oxygen atoms in total. The van der Waals surface area contributed by atoms with Crippen molar-refractivity contribution in [3.8, 4) is 45.6 Å². The summed E-state index contributed by atoms with van der Waals surface area (Å²) in [6.07, 6.45) is 0. The molecule has 0 spiro atoms. The molecule has 0 amide bonds. The molecule has 7 aromatic rings. The summed E-state index contributed by atoms with van der Waals surface area (Å²) >= 11 is -1.37. The predicted molar refractivity (Wildman–Crippen MR) is 158 cm³/mol. The van der Waals surface area contributed by atoms with Gasteiger partial charge in [0.1, 0.15) is 0 Å². The Morgan fingerprint density at radius 1 is 0.429 bits per heavy atom. The molecule has 10 heteroatoms. The first-order chi connectivity index (χ1) is 20.7. The van der Waals surface area contributed by atoms with E-state index in [2.05, 4.69) is 9.97 Å². The monoisotopic (exact) mass is 578 g/mol. The Hall–Kier alpha value is -5.09. The summed E-state index contributed by atoms with van der Waals surface area (Å²) in [5, 5.41) is 3.57. The van der Waals surface area contributed by atoms with E-state index in [-0.39, 0.29) is 0 Å². The normalized spacial score (nSPS) is 11.9. The first-order valence-electron chi connectivity index (χ1n) is 13.4. The van der Waals surface area contributed by atoms with E-state index < -0.39 is 19.5 Å². The third kappa shape index (κ3) is 3.45. The number of benzene rings is 4. The molecule has 0 radical (unpaired) electrons. The molecule has 8 bridgehead atoms. The maximum absolute atomic E-state index is 10.4. The molecule has 0 atom stereocenters. The van der Waals surface area contributed by atoms with Crippen LogP contribution in [-0.2, 0) is 19.5 Å². The zero-order valence-electron chi connectivity index (χ0n) is 21.8. The van der Waals surface area contributed by atoms with Crippen molar-refractivity contribution >= 4 is 48.0 Å². The van der Waals surface area contributed by atoms with Gasteiger partial charge < -0.3 is 0 Å². The first-order valence-corrected chi connectivity index (χ1v) is 14.9. The van der Waals surface area contributed by atoms with E-state index in [1.165, 1.54) is 0 Å². The number of fused-ring (bicyclic) bond motifs is 20. The van der Waals surface area contributed by atoms with E-state index in [1.54, 1.807) is 0 Å². The molecule has 0 unspecified atom stereocenters. The summed E-state index contributed by atoms with van der Waals surface area (Å²) in [6, 6.07) is 29.8. The quantitative estimate of drug-likeness (QED) is 0.220. The molecule has 5 heterocycles. The van der Waals surface area contributed by atoms with Gasteiger partial charge in [-0.25, -0.2) is 0 Å². The fourth-order valence-electron chi connectivity index (χ4n) is 5.78. The molecule has 3 aromatic heterocycles. The van der Waals surface area contributed by atoms with E-state index in [1.807, 2.05) is 91.0 Å². The summed E-state index contributed by atoms with van der Waals surface area (Å²) in [5.41, 5.74) is 6.09. The van der Waals surface area contributed by atoms with Gasteiger partial charge in [0.05, 0.1) is 0 Å². The van der Waals surface area contributed by atoms with Gasteiger partial charge in [-0.05, 0) is 0 Å². The molecule has 0 fully saturated rings. The van der Waals surface area contributed by atoms with Crippen LogP contribution in [0.25, 0.3) is 89.7 Å². The molecular formula is C32H18N8OTi. The van der Waals surface area contributed by atoms with Gasteiger partial charge in [-0.15, -0.1) is 0 Å². The van der Waals surface area contributed by atoms with Crippen LogP contribution in [-0.4, -0.2) is 43.6 Å². The number of nitrogens with one attached hydrogen (secondary N) is 2. The van der Waals surface area contributed by atoms with E-state index in [4.69, 9.17) is 29.9 Å². The van der Waals surface area contributed by atoms with Gasteiger partial charge >= 0.3 is 242 Å². The van der Waals surface area contributed by atoms with Gasteiger partial charge in [0, 0.05) is 0 Å². The van der Waals surface area contributed by atoms with Crippen LogP contribution >= 0.6 is 0 Å². The van der Waals surface area contributed by atoms with E-state index in [0.717, 1.165) is 47.7 Å². The average Bonchev–Trinajstić information content (AvgIpc) is 3.76. The molecule has 0 aliphatic carbocycles. The Balaban J connectivity index is 1.52. The van der Waals surface area contributed by atoms with Crippen LogP contribution in [0.5, 0.6) is 0 Å². The number of aromatic amines is 2. The summed E-state index contributed by atoms with van der Waals surface area (Å²) in [5.74, 6) is 2.22. The fraction of sp³-hybridized carbons (Fsp3) is 0. The topological polar surface area (TPSA) is 129 Å². The van der Waals surface area contributed by atoms with Crippen molar-refractivity contribution in [3.63, 3.8) is 0 Å². The van der Waals surface area contributed by atoms with E-state index in [9.17, 15) is 3.69 Å². The minimum absolute atomic E-state index is 0.541. The fourth-order valence-corrected chi connectivity index (χ4v) is 6.62. The number of H-pyrrole nitrogens is 2. The zero-order valence-corrected chi connectivity index (χ0v) is 23.4. The SMILES string of the molecule is [OH][Ti][c]1cccc2c3nc4nc(nc5[nH]c(nc6nc(nc([nH]3)c12)-c1ccccc1-6)c1ccccc51)-c1ccccc1-4. The van der Waals surface area contributed by atoms with Crippen LogP contribution in [0.3, 0.4) is 0 Å². The van der Waals surface area contributed by atoms with Gasteiger partial charge in [-0.3, -0.25) is 0 Å². The van der Waals surface area contributed by atoms with Gasteiger partial charge in [-0.2, -0.15) is 0 Å². The predicted octanol–water partition coefficient (Wildman–Crippen LogP) is 5.48. The summed E-state index contributed by atoms with van der Waals surface area (Å²) in [4.78, 5) is 36.8. The molecule has 42 heavy (non-hydrogen) atoms. The van der Waals surface area contributed by atoms with E-state index >= 15 is 0 Å². The molecule has 9 rings (SSSR count). The van der Waals surface area contributed by atoms with Gasteiger partial charge in [0.15, 0.2) is 0 Å². The van der Waals surface area contributed by atoms with E-state index in [0.29, 0.717) is 45.9 Å². The van der Waals surface area contributed by atoms with Crippen molar-refractivity contribution in [2.45, 2.75) is 0 Å². The molecule has 196 valence electrons. The number of nitrogens with zero attached hydrogens (tertiary/aromatic N) is 6. The van der Waals surface area contributed by atoms with Gasteiger partial charge in [0.2, 0.25) is 0 Å². The van der Waals surface area contributed by atoms with Crippen LogP contribution in [0, 0.1) is 0 Å². The Bertz CT molecular complexity index is 2420. The Morgan fingerprint density at radius 2 is 0.833 bits per heavy atom. The van der Waals surface area contributed by atoms with Crippen molar-refractivity contribution in [1.29, 1.82) is 0 Å². The number of rotatable bonds is 1. The molecule has 2 aliphatic heterocycles. The Labute approximate surface area is 246 Å². The van der Waals surface area contributed by atoms with Crippen molar-refractivity contribution in [2.75, 3.05) is 0 Å². The summed E-state index contributed by atoms with van der Waals surface area (Å²) in [6.45, 7) is 0. The number of hydrogen-bond acceptors (Lipinski definition) is 7. The van der Waals surface area contributed by atoms with Crippen LogP contribution in [0.1, 0.15) is 0 Å². The van der Waals surface area contributed by atoms with Crippen LogP contribution in [0.2, 0.25) is 0 Å². The van der Waals surface area contributed by atoms with Crippen molar-refractivity contribution in [3.05, 3.63) is 91.0 Å². The van der Waals surface area contributed by atoms with Crippen molar-refractivity contribution in [1.82, 2.24) is 39.9 Å². The molecule has 4 aromatic carbocycles. The summed E-state index contributed by atoms with van der Waals surface area (Å²) in [7, 11) is 0. The second-order valence-corrected chi connectivity index (χ2v) is 11.3. The second kappa shape index (κ2) is 8.96. The number of aromatic nitrogens is 8. The average molecular weight is 578 g/mol. The molecule has 0 saturated carbocycles. The second-order valence-electron chi connectivity index (χ2n) is 10.1. The van der Waals surface area contributed by atoms with Crippen molar-refractivity contribution < 1.29 is 23.2 Å². The van der Waals surface area contributed by atoms with Gasteiger partial charge in [-0.1, -0.05) is 6.07 Å². The van der Waals surface area contributed by atoms with Crippen LogP contribution < -0.4 is 3.87 Å². The van der Waals surface area contributed by atoms with Crippen LogP contribution in [0.4, 0.5) is 0 Å². The third-order valence-electron chi connectivity index (χ3n) is 7.70. The Morgan fingerprint density at radius 3 is 1.33 bits per heavy atom. The Kier molecular flexibility index (Phi) is 5.03. The standard InChI is InChI=1S/C32H17N8.H2O.Ti/c1-2-10-18-17(9-1)25-33-26(18)38-28-21-13-5-6-14-22(21)30(35-28)40-32-24-16-8-7-15-23(24)31(36-32)39-29-20-12-4-3-11-19(20)27(34-29)37-25;;/h1-15H,(H2,33,34,35,36,37,38,39,40);1H2;/q;;+1/p-1. The number of hydrogen-bond donors (Lipinski definition) is 3. The van der Waals surface area contributed by atoms with Crippen LogP contribution in [0.15, 0.2) is 91.0 Å². The molecule has 2 aliphatic rings. The zero-order chi connectivity index (χ0) is 27.8. The summed E-state index contributed by atoms with van der Waals surface area (Å²) < 4.78 is 11.2. The maximum atomic E-state index is 10.4. The molecular weight excluding hydrogens is 560 g/mol. The minimum atomic E-state index is -1.37. The first kappa shape index (κ1) is 23.6. The molecule has 3 N–H and O–H groups in total. The molecule has 0 saturated heterocycles. The van der Waals surface area contributed by atoms with Crippen molar-refractivity contribution in [2.24, 2.45) is 0 Å². The van der Waals surface area contributed by atoms with Gasteiger partial charge in [0.25, 0.3) is 0 Å².